The van der Waals surface area contributed by atoms with E-state index in [0.717, 1.165) is 59.7 Å². The molecule has 5 heterocycles. The van der Waals surface area contributed by atoms with Crippen LogP contribution in [0.4, 0.5) is 8.78 Å². The molecule has 35 heavy (non-hydrogen) atoms. The van der Waals surface area contributed by atoms with E-state index in [9.17, 15) is 8.78 Å². The molecule has 1 aromatic carbocycles. The van der Waals surface area contributed by atoms with E-state index in [4.69, 9.17) is 4.98 Å². The van der Waals surface area contributed by atoms with Crippen LogP contribution in [0.15, 0.2) is 42.5 Å². The Hall–Kier alpha value is -2.77. The first-order valence-electron chi connectivity index (χ1n) is 12.6. The van der Waals surface area contributed by atoms with Crippen LogP contribution in [0.5, 0.6) is 0 Å². The smallest absolute Gasteiger partial charge is 0.118 e. The SMILES string of the molecule is C[C@@H]1Cc2c([nH]c3ccccc23)[C@@H](c2ccc3[nH]c(CN4CC(CF)C4)cc3n2)N1CC(C)(C)F. The average Bonchev–Trinajstić information content (AvgIpc) is 3.35. The second kappa shape index (κ2) is 8.42. The van der Waals surface area contributed by atoms with E-state index in [1.54, 1.807) is 13.8 Å². The molecule has 4 aromatic rings. The van der Waals surface area contributed by atoms with Crippen molar-refractivity contribution in [1.29, 1.82) is 0 Å². The molecule has 2 atom stereocenters. The van der Waals surface area contributed by atoms with Crippen LogP contribution in [0, 0.1) is 5.92 Å². The van der Waals surface area contributed by atoms with Gasteiger partial charge in [0.1, 0.15) is 5.67 Å². The van der Waals surface area contributed by atoms with Gasteiger partial charge in [-0.15, -0.1) is 0 Å². The van der Waals surface area contributed by atoms with E-state index in [1.165, 1.54) is 10.9 Å². The summed E-state index contributed by atoms with van der Waals surface area (Å²) in [5, 5.41) is 1.24. The summed E-state index contributed by atoms with van der Waals surface area (Å²) in [6.07, 6.45) is 0.873. The van der Waals surface area contributed by atoms with E-state index < -0.39 is 5.67 Å². The summed E-state index contributed by atoms with van der Waals surface area (Å²) in [6.45, 7) is 7.96. The Morgan fingerprint density at radius 2 is 1.89 bits per heavy atom. The standard InChI is InChI=1S/C28H33F2N5/c1-17-10-21-20-6-4-5-7-22(20)33-26(21)27(35(17)16-28(2,3)30)24-9-8-23-25(32-24)11-19(31-23)15-34-13-18(12-29)14-34/h4-9,11,17-18,27,31,33H,10,12-16H2,1-3H3/t17-,27-/m1/s1. The summed E-state index contributed by atoms with van der Waals surface area (Å²) in [4.78, 5) is 16.7. The van der Waals surface area contributed by atoms with E-state index in [-0.39, 0.29) is 24.7 Å². The lowest BCUT2D eigenvalue weighted by atomic mass is 9.89. The summed E-state index contributed by atoms with van der Waals surface area (Å²) in [5.74, 6) is 0.175. The topological polar surface area (TPSA) is 51.0 Å². The molecule has 1 saturated heterocycles. The number of nitrogens with one attached hydrogen (secondary N) is 2. The Kier molecular flexibility index (Phi) is 5.45. The quantitative estimate of drug-likeness (QED) is 0.384. The molecule has 0 radical (unpaired) electrons. The number of rotatable bonds is 6. The van der Waals surface area contributed by atoms with E-state index >= 15 is 0 Å². The van der Waals surface area contributed by atoms with Crippen molar-refractivity contribution in [2.75, 3.05) is 26.3 Å². The predicted octanol–water partition coefficient (Wildman–Crippen LogP) is 5.53. The first kappa shape index (κ1) is 22.7. The lowest BCUT2D eigenvalue weighted by Gasteiger charge is -2.42. The van der Waals surface area contributed by atoms with Crippen molar-refractivity contribution < 1.29 is 8.78 Å². The summed E-state index contributed by atoms with van der Waals surface area (Å²) in [7, 11) is 0. The zero-order valence-corrected chi connectivity index (χ0v) is 20.6. The van der Waals surface area contributed by atoms with Gasteiger partial charge >= 0.3 is 0 Å². The predicted molar refractivity (Wildman–Crippen MR) is 136 cm³/mol. The van der Waals surface area contributed by atoms with Gasteiger partial charge in [-0.05, 0) is 57.0 Å². The van der Waals surface area contributed by atoms with Crippen LogP contribution in [-0.2, 0) is 13.0 Å². The highest BCUT2D eigenvalue weighted by Crippen LogP contribution is 2.41. The maximum atomic E-state index is 15.0. The highest BCUT2D eigenvalue weighted by Gasteiger charge is 2.39. The second-order valence-corrected chi connectivity index (χ2v) is 11.1. The maximum Gasteiger partial charge on any atom is 0.118 e. The van der Waals surface area contributed by atoms with Gasteiger partial charge in [-0.3, -0.25) is 14.2 Å². The van der Waals surface area contributed by atoms with Gasteiger partial charge in [-0.2, -0.15) is 0 Å². The van der Waals surface area contributed by atoms with Crippen molar-refractivity contribution in [2.45, 2.75) is 51.5 Å². The van der Waals surface area contributed by atoms with Crippen molar-refractivity contribution in [2.24, 2.45) is 5.92 Å². The number of halogens is 2. The number of aromatic amines is 2. The normalized spacial score (nSPS) is 22.1. The minimum atomic E-state index is -1.32. The zero-order valence-electron chi connectivity index (χ0n) is 20.6. The van der Waals surface area contributed by atoms with Crippen LogP contribution in [0.25, 0.3) is 21.9 Å². The van der Waals surface area contributed by atoms with Crippen LogP contribution < -0.4 is 0 Å². The molecule has 0 unspecified atom stereocenters. The van der Waals surface area contributed by atoms with Gasteiger partial charge in [0.25, 0.3) is 0 Å². The summed E-state index contributed by atoms with van der Waals surface area (Å²) < 4.78 is 27.8. The number of para-hydroxylation sites is 1. The molecule has 6 rings (SSSR count). The van der Waals surface area contributed by atoms with Gasteiger partial charge < -0.3 is 9.97 Å². The molecular weight excluding hydrogens is 444 g/mol. The molecule has 0 aliphatic carbocycles. The van der Waals surface area contributed by atoms with Gasteiger partial charge in [0.2, 0.25) is 0 Å². The zero-order chi connectivity index (χ0) is 24.3. The lowest BCUT2D eigenvalue weighted by Crippen LogP contribution is -2.48. The van der Waals surface area contributed by atoms with Gasteiger partial charge in [0.15, 0.2) is 0 Å². The average molecular weight is 478 g/mol. The Labute approximate surface area is 204 Å². The maximum absolute atomic E-state index is 15.0. The summed E-state index contributed by atoms with van der Waals surface area (Å²) in [5.41, 5.74) is 6.13. The van der Waals surface area contributed by atoms with Crippen molar-refractivity contribution in [3.63, 3.8) is 0 Å². The number of aromatic nitrogens is 3. The van der Waals surface area contributed by atoms with Crippen molar-refractivity contribution >= 4 is 21.9 Å². The number of fused-ring (bicyclic) bond motifs is 4. The molecule has 0 spiro atoms. The monoisotopic (exact) mass is 477 g/mol. The van der Waals surface area contributed by atoms with Gasteiger partial charge in [-0.1, -0.05) is 18.2 Å². The summed E-state index contributed by atoms with van der Waals surface area (Å²) in [6, 6.07) is 14.7. The van der Waals surface area contributed by atoms with Gasteiger partial charge in [0, 0.05) is 60.4 Å². The first-order valence-corrected chi connectivity index (χ1v) is 12.6. The Morgan fingerprint density at radius 3 is 2.66 bits per heavy atom. The van der Waals surface area contributed by atoms with Crippen LogP contribution in [0.1, 0.15) is 49.5 Å². The molecule has 0 amide bonds. The van der Waals surface area contributed by atoms with Gasteiger partial charge in [-0.25, -0.2) is 9.37 Å². The molecular formula is C28H33F2N5. The number of hydrogen-bond acceptors (Lipinski definition) is 3. The van der Waals surface area contributed by atoms with E-state index in [0.29, 0.717) is 6.54 Å². The number of benzene rings is 1. The number of likely N-dealkylation sites (tertiary alicyclic amines) is 1. The fraction of sp³-hybridized carbons (Fsp3) is 0.464. The fourth-order valence-corrected chi connectivity index (χ4v) is 5.97. The number of pyridine rings is 1. The van der Waals surface area contributed by atoms with E-state index in [1.807, 2.05) is 6.07 Å². The van der Waals surface area contributed by atoms with E-state index in [2.05, 4.69) is 63.1 Å². The minimum absolute atomic E-state index is 0.153. The third kappa shape index (κ3) is 4.15. The van der Waals surface area contributed by atoms with Crippen LogP contribution in [0.2, 0.25) is 0 Å². The van der Waals surface area contributed by atoms with Crippen molar-refractivity contribution in [3.8, 4) is 0 Å². The minimum Gasteiger partial charge on any atom is -0.357 e. The molecule has 184 valence electrons. The molecule has 2 aliphatic rings. The van der Waals surface area contributed by atoms with Crippen LogP contribution >= 0.6 is 0 Å². The van der Waals surface area contributed by atoms with Crippen LogP contribution in [0.3, 0.4) is 0 Å². The second-order valence-electron chi connectivity index (χ2n) is 11.1. The molecule has 3 aromatic heterocycles. The third-order valence-electron chi connectivity index (χ3n) is 7.55. The Bertz CT molecular complexity index is 1360. The number of nitrogens with zero attached hydrogens (tertiary/aromatic N) is 3. The number of alkyl halides is 2. The van der Waals surface area contributed by atoms with Crippen LogP contribution in [-0.4, -0.2) is 62.8 Å². The molecule has 5 nitrogen and oxygen atoms in total. The molecule has 0 saturated carbocycles. The Morgan fingerprint density at radius 1 is 1.09 bits per heavy atom. The Balaban J connectivity index is 1.39. The third-order valence-corrected chi connectivity index (χ3v) is 7.55. The molecule has 2 aliphatic heterocycles. The largest absolute Gasteiger partial charge is 0.357 e. The van der Waals surface area contributed by atoms with Gasteiger partial charge in [0.05, 0.1) is 29.4 Å². The lowest BCUT2D eigenvalue weighted by molar-refractivity contribution is 0.0655. The molecule has 7 heteroatoms. The van der Waals surface area contributed by atoms with Crippen molar-refractivity contribution in [1.82, 2.24) is 24.8 Å². The van der Waals surface area contributed by atoms with Crippen molar-refractivity contribution in [3.05, 3.63) is 65.1 Å². The molecule has 1 fully saturated rings. The highest BCUT2D eigenvalue weighted by molar-refractivity contribution is 5.85. The molecule has 0 bridgehead atoms. The highest BCUT2D eigenvalue weighted by atomic mass is 19.1. The summed E-state index contributed by atoms with van der Waals surface area (Å²) >= 11 is 0. The first-order chi connectivity index (χ1) is 16.8. The fourth-order valence-electron chi connectivity index (χ4n) is 5.97. The number of H-pyrrole nitrogens is 2. The number of hydrogen-bond donors (Lipinski definition) is 2. The molecule has 2 N–H and O–H groups in total.